The number of nitrogens with zero attached hydrogens (tertiary/aromatic N) is 2. The molecule has 0 radical (unpaired) electrons. The molecule has 0 saturated heterocycles. The summed E-state index contributed by atoms with van der Waals surface area (Å²) in [6, 6.07) is 6.37. The number of carbonyl (C=O) groups excluding carboxylic acids is 1. The van der Waals surface area contributed by atoms with Crippen molar-refractivity contribution in [2.24, 2.45) is 0 Å². The van der Waals surface area contributed by atoms with Crippen molar-refractivity contribution in [1.82, 2.24) is 10.2 Å². The maximum Gasteiger partial charge on any atom is 0.288 e. The number of rotatable bonds is 1. The van der Waals surface area contributed by atoms with E-state index in [0.29, 0.717) is 22.8 Å². The zero-order chi connectivity index (χ0) is 10.8. The first-order valence-corrected chi connectivity index (χ1v) is 4.92. The first-order chi connectivity index (χ1) is 7.20. The van der Waals surface area contributed by atoms with Crippen molar-refractivity contribution in [2.75, 3.05) is 0 Å². The largest absolute Gasteiger partial charge is 0.298 e. The summed E-state index contributed by atoms with van der Waals surface area (Å²) in [7, 11) is 0. The molecule has 0 spiro atoms. The quantitative estimate of drug-likeness (QED) is 0.734. The van der Waals surface area contributed by atoms with Crippen molar-refractivity contribution < 1.29 is 4.79 Å². The number of benzene rings is 1. The lowest BCUT2D eigenvalue weighted by molar-refractivity contribution is 0.112. The van der Waals surface area contributed by atoms with Gasteiger partial charge in [0.2, 0.25) is 0 Å². The lowest BCUT2D eigenvalue weighted by atomic mass is 10.1. The number of carbonyl (C=O) groups is 1. The van der Waals surface area contributed by atoms with Crippen molar-refractivity contribution in [3.63, 3.8) is 0 Å². The standard InChI is InChI=1S/C10H5BrN2O2/c11-7-1-2-9-8(4-7)6(5-14)3-10(15)13-12-9/h1-5H. The van der Waals surface area contributed by atoms with Crippen molar-refractivity contribution in [3.8, 4) is 0 Å². The normalized spacial score (nSPS) is 10.2. The molecule has 0 aliphatic carbocycles. The van der Waals surface area contributed by atoms with E-state index in [-0.39, 0.29) is 0 Å². The molecular formula is C10H5BrN2O2. The molecule has 2 rings (SSSR count). The molecule has 0 saturated carbocycles. The van der Waals surface area contributed by atoms with Gasteiger partial charge in [-0.05, 0) is 18.2 Å². The van der Waals surface area contributed by atoms with Gasteiger partial charge in [-0.2, -0.15) is 0 Å². The predicted octanol–water partition coefficient (Wildman–Crippen LogP) is 1.56. The number of fused-ring (bicyclic) bond motifs is 1. The SMILES string of the molecule is O=Cc1cc(=O)nnc2ccc(Br)cc12. The Morgan fingerprint density at radius 3 is 2.73 bits per heavy atom. The molecule has 1 aromatic carbocycles. The van der Waals surface area contributed by atoms with Crippen LogP contribution in [0.3, 0.4) is 0 Å². The summed E-state index contributed by atoms with van der Waals surface area (Å²) in [6.45, 7) is 0. The third kappa shape index (κ3) is 1.92. The van der Waals surface area contributed by atoms with E-state index in [1.54, 1.807) is 18.2 Å². The van der Waals surface area contributed by atoms with Gasteiger partial charge in [0.15, 0.2) is 6.29 Å². The van der Waals surface area contributed by atoms with Gasteiger partial charge in [0.1, 0.15) is 0 Å². The third-order valence-electron chi connectivity index (χ3n) is 1.93. The fraction of sp³-hybridized carbons (Fsp3) is 0. The minimum Gasteiger partial charge on any atom is -0.298 e. The molecule has 0 unspecified atom stereocenters. The second-order valence-electron chi connectivity index (χ2n) is 2.92. The Morgan fingerprint density at radius 1 is 1.20 bits per heavy atom. The lowest BCUT2D eigenvalue weighted by Gasteiger charge is -1.94. The monoisotopic (exact) mass is 264 g/mol. The topological polar surface area (TPSA) is 59.9 Å². The maximum absolute atomic E-state index is 11.1. The molecule has 15 heavy (non-hydrogen) atoms. The molecule has 5 heteroatoms. The summed E-state index contributed by atoms with van der Waals surface area (Å²) in [5.41, 5.74) is 0.285. The van der Waals surface area contributed by atoms with Crippen molar-refractivity contribution in [3.05, 3.63) is 44.7 Å². The average Bonchev–Trinajstić information content (AvgIpc) is 2.38. The Balaban J connectivity index is 3.01. The van der Waals surface area contributed by atoms with Crippen LogP contribution in [-0.2, 0) is 0 Å². The Hall–Kier alpha value is -1.62. The van der Waals surface area contributed by atoms with E-state index in [4.69, 9.17) is 0 Å². The van der Waals surface area contributed by atoms with Crippen LogP contribution in [0.4, 0.5) is 0 Å². The van der Waals surface area contributed by atoms with E-state index in [1.807, 2.05) is 0 Å². The van der Waals surface area contributed by atoms with E-state index >= 15 is 0 Å². The number of aromatic nitrogens is 2. The molecular weight excluding hydrogens is 260 g/mol. The molecule has 0 N–H and O–H groups in total. The van der Waals surface area contributed by atoms with Gasteiger partial charge in [0, 0.05) is 21.5 Å². The fourth-order valence-corrected chi connectivity index (χ4v) is 1.63. The molecule has 2 aromatic rings. The number of hydrogen-bond acceptors (Lipinski definition) is 4. The van der Waals surface area contributed by atoms with Gasteiger partial charge >= 0.3 is 0 Å². The molecule has 0 amide bonds. The number of halogens is 1. The molecule has 0 atom stereocenters. The van der Waals surface area contributed by atoms with Crippen LogP contribution in [0.25, 0.3) is 10.9 Å². The van der Waals surface area contributed by atoms with Gasteiger partial charge in [-0.3, -0.25) is 9.59 Å². The summed E-state index contributed by atoms with van der Waals surface area (Å²) in [5.74, 6) is 0. The van der Waals surface area contributed by atoms with Crippen LogP contribution in [-0.4, -0.2) is 16.5 Å². The molecule has 4 nitrogen and oxygen atoms in total. The molecule has 0 aliphatic rings. The minimum atomic E-state index is -0.524. The number of hydrogen-bond donors (Lipinski definition) is 0. The highest BCUT2D eigenvalue weighted by Crippen LogP contribution is 2.18. The van der Waals surface area contributed by atoms with E-state index in [9.17, 15) is 9.59 Å². The van der Waals surface area contributed by atoms with E-state index in [2.05, 4.69) is 26.1 Å². The first-order valence-electron chi connectivity index (χ1n) is 4.13. The summed E-state index contributed by atoms with van der Waals surface area (Å²) in [5, 5.41) is 7.78. The van der Waals surface area contributed by atoms with Gasteiger partial charge in [-0.25, -0.2) is 0 Å². The van der Waals surface area contributed by atoms with E-state index in [0.717, 1.165) is 4.47 Å². The van der Waals surface area contributed by atoms with Gasteiger partial charge in [0.25, 0.3) is 5.56 Å². The Bertz CT molecular complexity index is 598. The third-order valence-corrected chi connectivity index (χ3v) is 2.43. The van der Waals surface area contributed by atoms with Crippen molar-refractivity contribution in [2.45, 2.75) is 0 Å². The summed E-state index contributed by atoms with van der Waals surface area (Å²) in [4.78, 5) is 21.9. The van der Waals surface area contributed by atoms with Crippen LogP contribution < -0.4 is 5.56 Å². The van der Waals surface area contributed by atoms with Crippen LogP contribution in [0.2, 0.25) is 0 Å². The minimum absolute atomic E-state index is 0.293. The average molecular weight is 265 g/mol. The van der Waals surface area contributed by atoms with E-state index < -0.39 is 5.56 Å². The van der Waals surface area contributed by atoms with Gasteiger partial charge in [-0.15, -0.1) is 10.2 Å². The summed E-state index contributed by atoms with van der Waals surface area (Å²) < 4.78 is 0.818. The maximum atomic E-state index is 11.1. The predicted molar refractivity (Wildman–Crippen MR) is 58.9 cm³/mol. The zero-order valence-electron chi connectivity index (χ0n) is 7.48. The molecule has 1 aromatic heterocycles. The molecule has 1 heterocycles. The molecule has 0 fully saturated rings. The van der Waals surface area contributed by atoms with Gasteiger partial charge in [-0.1, -0.05) is 15.9 Å². The Kier molecular flexibility index (Phi) is 2.55. The van der Waals surface area contributed by atoms with Crippen LogP contribution in [0.15, 0.2) is 33.5 Å². The fourth-order valence-electron chi connectivity index (χ4n) is 1.27. The highest BCUT2D eigenvalue weighted by atomic mass is 79.9. The molecule has 0 bridgehead atoms. The Morgan fingerprint density at radius 2 is 2.00 bits per heavy atom. The van der Waals surface area contributed by atoms with Gasteiger partial charge in [0.05, 0.1) is 5.52 Å². The number of aldehydes is 1. The summed E-state index contributed by atoms with van der Waals surface area (Å²) in [6.07, 6.45) is 0.625. The second-order valence-corrected chi connectivity index (χ2v) is 3.83. The Labute approximate surface area is 93.1 Å². The zero-order valence-corrected chi connectivity index (χ0v) is 9.06. The lowest BCUT2D eigenvalue weighted by Crippen LogP contribution is -2.00. The second kappa shape index (κ2) is 3.86. The van der Waals surface area contributed by atoms with Crippen molar-refractivity contribution in [1.29, 1.82) is 0 Å². The van der Waals surface area contributed by atoms with Crippen LogP contribution in [0, 0.1) is 0 Å². The van der Waals surface area contributed by atoms with Crippen LogP contribution in [0.1, 0.15) is 10.4 Å². The smallest absolute Gasteiger partial charge is 0.288 e. The van der Waals surface area contributed by atoms with Gasteiger partial charge < -0.3 is 0 Å². The molecule has 0 aliphatic heterocycles. The highest BCUT2D eigenvalue weighted by molar-refractivity contribution is 9.10. The molecule has 74 valence electrons. The van der Waals surface area contributed by atoms with Crippen LogP contribution in [0.5, 0.6) is 0 Å². The first kappa shape index (κ1) is 9.92. The van der Waals surface area contributed by atoms with Crippen LogP contribution >= 0.6 is 15.9 Å². The summed E-state index contributed by atoms with van der Waals surface area (Å²) >= 11 is 3.29. The van der Waals surface area contributed by atoms with Crippen molar-refractivity contribution >= 4 is 33.1 Å². The van der Waals surface area contributed by atoms with E-state index in [1.165, 1.54) is 6.07 Å². The highest BCUT2D eigenvalue weighted by Gasteiger charge is 2.02.